The molecule has 4 nitrogen and oxygen atoms in total. The molecule has 1 aliphatic rings. The Morgan fingerprint density at radius 2 is 1.93 bits per heavy atom. The molecule has 156 valence electrons. The zero-order valence-corrected chi connectivity index (χ0v) is 19.0. The number of rotatable bonds is 5. The van der Waals surface area contributed by atoms with Crippen LogP contribution in [-0.4, -0.2) is 13.1 Å². The first kappa shape index (κ1) is 21.7. The minimum absolute atomic E-state index is 0.0737. The van der Waals surface area contributed by atoms with Crippen LogP contribution in [0, 0.1) is 17.0 Å². The predicted octanol–water partition coefficient (Wildman–Crippen LogP) is 7.24. The Hall–Kier alpha value is -2.02. The van der Waals surface area contributed by atoms with Crippen molar-refractivity contribution in [2.45, 2.75) is 46.6 Å². The Morgan fingerprint density at radius 3 is 2.62 bits per heavy atom. The standard InChI is InChI=1S/C22H27BrF2N4/c1-13(16-10-15(24)6-7-17(16)25)11-26-18-8-9-19-20(21(18)23)14(2)27-28-29(19)12-22(3,4)5/h6-10,13-14,26H,11-12H2,1-5H3. The van der Waals surface area contributed by atoms with E-state index in [4.69, 9.17) is 0 Å². The lowest BCUT2D eigenvalue weighted by molar-refractivity contribution is 0.403. The van der Waals surface area contributed by atoms with Gasteiger partial charge < -0.3 is 5.32 Å². The molecule has 1 heterocycles. The SMILES string of the molecule is CC(CNc1ccc2c(c1Br)C(C)N=NN2CC(C)(C)C)c1cc(F)ccc1F. The molecule has 1 N–H and O–H groups in total. The van der Waals surface area contributed by atoms with Gasteiger partial charge in [0, 0.05) is 34.7 Å². The van der Waals surface area contributed by atoms with E-state index < -0.39 is 11.6 Å². The molecule has 7 heteroatoms. The highest BCUT2D eigenvalue weighted by molar-refractivity contribution is 9.10. The van der Waals surface area contributed by atoms with Crippen molar-refractivity contribution < 1.29 is 8.78 Å². The molecule has 29 heavy (non-hydrogen) atoms. The van der Waals surface area contributed by atoms with Crippen molar-refractivity contribution in [3.8, 4) is 0 Å². The molecule has 0 radical (unpaired) electrons. The van der Waals surface area contributed by atoms with Gasteiger partial charge in [-0.3, -0.25) is 0 Å². The van der Waals surface area contributed by atoms with Crippen molar-refractivity contribution in [2.24, 2.45) is 15.8 Å². The summed E-state index contributed by atoms with van der Waals surface area (Å²) in [6, 6.07) is 7.52. The molecule has 0 saturated heterocycles. The van der Waals surface area contributed by atoms with E-state index >= 15 is 0 Å². The van der Waals surface area contributed by atoms with Crippen LogP contribution < -0.4 is 10.3 Å². The summed E-state index contributed by atoms with van der Waals surface area (Å²) >= 11 is 3.72. The summed E-state index contributed by atoms with van der Waals surface area (Å²) < 4.78 is 28.5. The molecule has 2 aromatic carbocycles. The molecule has 0 aliphatic carbocycles. The maximum Gasteiger partial charge on any atom is 0.126 e. The van der Waals surface area contributed by atoms with Crippen LogP contribution in [0.3, 0.4) is 0 Å². The fraction of sp³-hybridized carbons (Fsp3) is 0.455. The number of hydrogen-bond donors (Lipinski definition) is 1. The van der Waals surface area contributed by atoms with E-state index in [-0.39, 0.29) is 17.4 Å². The molecule has 0 amide bonds. The van der Waals surface area contributed by atoms with Gasteiger partial charge in [0.05, 0.1) is 11.7 Å². The van der Waals surface area contributed by atoms with Gasteiger partial charge in [0.2, 0.25) is 0 Å². The largest absolute Gasteiger partial charge is 0.384 e. The van der Waals surface area contributed by atoms with Gasteiger partial charge >= 0.3 is 0 Å². The number of anilines is 2. The van der Waals surface area contributed by atoms with Crippen LogP contribution in [0.4, 0.5) is 20.2 Å². The fourth-order valence-corrected chi connectivity index (χ4v) is 4.23. The van der Waals surface area contributed by atoms with Gasteiger partial charge in [-0.15, -0.1) is 0 Å². The van der Waals surface area contributed by atoms with E-state index in [1.165, 1.54) is 12.1 Å². The monoisotopic (exact) mass is 464 g/mol. The lowest BCUT2D eigenvalue weighted by Crippen LogP contribution is -2.30. The van der Waals surface area contributed by atoms with Crippen LogP contribution >= 0.6 is 15.9 Å². The molecule has 0 bridgehead atoms. The minimum Gasteiger partial charge on any atom is -0.384 e. The Bertz CT molecular complexity index is 924. The topological polar surface area (TPSA) is 40.0 Å². The third-order valence-corrected chi connectivity index (χ3v) is 5.75. The van der Waals surface area contributed by atoms with Crippen LogP contribution in [0.2, 0.25) is 0 Å². The Morgan fingerprint density at radius 1 is 1.21 bits per heavy atom. The summed E-state index contributed by atoms with van der Waals surface area (Å²) in [4.78, 5) is 0. The van der Waals surface area contributed by atoms with Crippen LogP contribution in [-0.2, 0) is 0 Å². The summed E-state index contributed by atoms with van der Waals surface area (Å²) in [7, 11) is 0. The van der Waals surface area contributed by atoms with Crippen LogP contribution in [0.5, 0.6) is 0 Å². The second kappa shape index (κ2) is 8.38. The number of benzene rings is 2. The third kappa shape index (κ3) is 4.94. The second-order valence-corrected chi connectivity index (χ2v) is 9.60. The van der Waals surface area contributed by atoms with Gasteiger partial charge in [-0.25, -0.2) is 13.8 Å². The van der Waals surface area contributed by atoms with E-state index in [0.29, 0.717) is 12.1 Å². The van der Waals surface area contributed by atoms with Crippen molar-refractivity contribution in [1.82, 2.24) is 0 Å². The average Bonchev–Trinajstić information content (AvgIpc) is 2.64. The van der Waals surface area contributed by atoms with Gasteiger partial charge in [-0.2, -0.15) is 5.11 Å². The van der Waals surface area contributed by atoms with E-state index in [1.54, 1.807) is 0 Å². The first-order chi connectivity index (χ1) is 13.6. The first-order valence-electron chi connectivity index (χ1n) is 9.76. The molecule has 0 fully saturated rings. The van der Waals surface area contributed by atoms with Crippen molar-refractivity contribution in [3.63, 3.8) is 0 Å². The maximum atomic E-state index is 14.0. The lowest BCUT2D eigenvalue weighted by atomic mass is 9.95. The van der Waals surface area contributed by atoms with E-state index in [0.717, 1.165) is 34.0 Å². The van der Waals surface area contributed by atoms with E-state index in [1.807, 2.05) is 31.0 Å². The van der Waals surface area contributed by atoms with Crippen LogP contribution in [0.1, 0.15) is 57.7 Å². The number of hydrogen-bond acceptors (Lipinski definition) is 4. The smallest absolute Gasteiger partial charge is 0.126 e. The molecule has 1 aliphatic heterocycles. The third-order valence-electron chi connectivity index (χ3n) is 4.90. The molecule has 3 rings (SSSR count). The van der Waals surface area contributed by atoms with Crippen LogP contribution in [0.15, 0.2) is 45.1 Å². The van der Waals surface area contributed by atoms with Crippen molar-refractivity contribution >= 4 is 27.3 Å². The van der Waals surface area contributed by atoms with Gasteiger partial charge in [0.1, 0.15) is 11.6 Å². The van der Waals surface area contributed by atoms with Gasteiger partial charge in [-0.05, 0) is 64.2 Å². The number of halogens is 3. The normalized spacial score (nSPS) is 17.2. The summed E-state index contributed by atoms with van der Waals surface area (Å²) in [5, 5.41) is 14.1. The van der Waals surface area contributed by atoms with Crippen molar-refractivity contribution in [2.75, 3.05) is 23.4 Å². The quantitative estimate of drug-likeness (QED) is 0.506. The molecule has 0 spiro atoms. The average molecular weight is 465 g/mol. The zero-order chi connectivity index (χ0) is 21.3. The summed E-state index contributed by atoms with van der Waals surface area (Å²) in [5.41, 5.74) is 3.44. The van der Waals surface area contributed by atoms with Gasteiger partial charge in [0.25, 0.3) is 0 Å². The summed E-state index contributed by atoms with van der Waals surface area (Å²) in [6.45, 7) is 11.6. The predicted molar refractivity (Wildman–Crippen MR) is 117 cm³/mol. The molecular formula is C22H27BrF2N4. The molecule has 0 saturated carbocycles. The molecule has 0 aromatic heterocycles. The van der Waals surface area contributed by atoms with Gasteiger partial charge in [0.15, 0.2) is 0 Å². The van der Waals surface area contributed by atoms with E-state index in [2.05, 4.69) is 52.4 Å². The molecule has 2 unspecified atom stereocenters. The van der Waals surface area contributed by atoms with Gasteiger partial charge in [-0.1, -0.05) is 32.9 Å². The highest BCUT2D eigenvalue weighted by atomic mass is 79.9. The maximum absolute atomic E-state index is 14.0. The summed E-state index contributed by atoms with van der Waals surface area (Å²) in [6.07, 6.45) is 0. The van der Waals surface area contributed by atoms with Crippen molar-refractivity contribution in [3.05, 3.63) is 57.6 Å². The number of nitrogens with one attached hydrogen (secondary N) is 1. The fourth-order valence-electron chi connectivity index (χ4n) is 3.42. The van der Waals surface area contributed by atoms with E-state index in [9.17, 15) is 8.78 Å². The Labute approximate surface area is 179 Å². The number of fused-ring (bicyclic) bond motifs is 1. The molecular weight excluding hydrogens is 438 g/mol. The Kier molecular flexibility index (Phi) is 6.27. The van der Waals surface area contributed by atoms with Crippen LogP contribution in [0.25, 0.3) is 0 Å². The van der Waals surface area contributed by atoms with Crippen molar-refractivity contribution in [1.29, 1.82) is 0 Å². The highest BCUT2D eigenvalue weighted by Crippen LogP contribution is 2.43. The minimum atomic E-state index is -0.429. The Balaban J connectivity index is 1.82. The lowest BCUT2D eigenvalue weighted by Gasteiger charge is -2.32. The molecule has 2 aromatic rings. The first-order valence-corrected chi connectivity index (χ1v) is 10.6. The second-order valence-electron chi connectivity index (χ2n) is 8.81. The molecule has 2 atom stereocenters. The zero-order valence-electron chi connectivity index (χ0n) is 17.4. The highest BCUT2D eigenvalue weighted by Gasteiger charge is 2.27. The number of nitrogens with zero attached hydrogens (tertiary/aromatic N) is 3. The summed E-state index contributed by atoms with van der Waals surface area (Å²) in [5.74, 6) is -1.01.